The first-order valence-electron chi connectivity index (χ1n) is 3.22. The summed E-state index contributed by atoms with van der Waals surface area (Å²) in [7, 11) is 0. The Balaban J connectivity index is 3.39. The topological polar surface area (TPSA) is 12.4 Å². The molecule has 0 radical (unpaired) electrons. The van der Waals surface area contributed by atoms with E-state index < -0.39 is 0 Å². The SMILES string of the molecule is C#CCCCN=C(C)C#C. The minimum atomic E-state index is 0.747. The summed E-state index contributed by atoms with van der Waals surface area (Å²) >= 11 is 0. The normalized spacial score (nSPS) is 10.1. The predicted molar refractivity (Wildman–Crippen MR) is 44.9 cm³/mol. The van der Waals surface area contributed by atoms with Gasteiger partial charge in [0.2, 0.25) is 0 Å². The van der Waals surface area contributed by atoms with Crippen LogP contribution in [0.3, 0.4) is 0 Å². The summed E-state index contributed by atoms with van der Waals surface area (Å²) in [5.41, 5.74) is 0.747. The summed E-state index contributed by atoms with van der Waals surface area (Å²) in [4.78, 5) is 4.07. The fraction of sp³-hybridized carbons (Fsp3) is 0.444. The number of hydrogen-bond acceptors (Lipinski definition) is 1. The first-order chi connectivity index (χ1) is 4.81. The van der Waals surface area contributed by atoms with Crippen molar-refractivity contribution in [2.75, 3.05) is 6.54 Å². The van der Waals surface area contributed by atoms with Crippen LogP contribution in [0.4, 0.5) is 0 Å². The lowest BCUT2D eigenvalue weighted by Crippen LogP contribution is -1.88. The van der Waals surface area contributed by atoms with E-state index in [0.717, 1.165) is 25.1 Å². The Morgan fingerprint density at radius 2 is 2.20 bits per heavy atom. The summed E-state index contributed by atoms with van der Waals surface area (Å²) < 4.78 is 0. The molecule has 0 fully saturated rings. The molecule has 0 N–H and O–H groups in total. The average molecular weight is 133 g/mol. The third-order valence-electron chi connectivity index (χ3n) is 1.04. The van der Waals surface area contributed by atoms with Gasteiger partial charge in [0, 0.05) is 13.0 Å². The summed E-state index contributed by atoms with van der Waals surface area (Å²) in [6.07, 6.45) is 11.8. The molecule has 0 spiro atoms. The van der Waals surface area contributed by atoms with E-state index in [9.17, 15) is 0 Å². The molecule has 0 aliphatic carbocycles. The molecule has 1 heteroatoms. The van der Waals surface area contributed by atoms with Gasteiger partial charge in [-0.25, -0.2) is 0 Å². The summed E-state index contributed by atoms with van der Waals surface area (Å²) in [6, 6.07) is 0. The van der Waals surface area contributed by atoms with Crippen molar-refractivity contribution in [3.05, 3.63) is 0 Å². The molecule has 10 heavy (non-hydrogen) atoms. The fourth-order valence-electron chi connectivity index (χ4n) is 0.474. The smallest absolute Gasteiger partial charge is 0.0810 e. The molecule has 0 aliphatic heterocycles. The predicted octanol–water partition coefficient (Wildman–Crippen LogP) is 1.49. The van der Waals surface area contributed by atoms with Gasteiger partial charge in [-0.3, -0.25) is 4.99 Å². The third-order valence-corrected chi connectivity index (χ3v) is 1.04. The van der Waals surface area contributed by atoms with Crippen molar-refractivity contribution in [2.45, 2.75) is 19.8 Å². The molecule has 0 aromatic rings. The molecule has 0 heterocycles. The van der Waals surface area contributed by atoms with Gasteiger partial charge in [0.05, 0.1) is 5.71 Å². The standard InChI is InChI=1S/C9H11N/c1-4-6-7-8-10-9(3)5-2/h1-2H,6-8H2,3H3. The number of terminal acetylenes is 2. The van der Waals surface area contributed by atoms with Crippen molar-refractivity contribution in [1.82, 2.24) is 0 Å². The zero-order valence-electron chi connectivity index (χ0n) is 6.22. The van der Waals surface area contributed by atoms with E-state index in [4.69, 9.17) is 12.8 Å². The quantitative estimate of drug-likeness (QED) is 0.314. The first kappa shape index (κ1) is 8.79. The van der Waals surface area contributed by atoms with Crippen molar-refractivity contribution in [3.8, 4) is 24.7 Å². The minimum absolute atomic E-state index is 0.747. The molecule has 0 bridgehead atoms. The largest absolute Gasteiger partial charge is 0.281 e. The average Bonchev–Trinajstić information content (AvgIpc) is 1.98. The molecule has 0 aromatic carbocycles. The highest BCUT2D eigenvalue weighted by molar-refractivity contribution is 5.97. The number of aliphatic imine (C=N–C) groups is 1. The Bertz CT molecular complexity index is 188. The van der Waals surface area contributed by atoms with Gasteiger partial charge in [0.1, 0.15) is 0 Å². The minimum Gasteiger partial charge on any atom is -0.281 e. The maximum atomic E-state index is 5.07. The van der Waals surface area contributed by atoms with Gasteiger partial charge in [-0.05, 0) is 13.3 Å². The maximum absolute atomic E-state index is 5.07. The van der Waals surface area contributed by atoms with Crippen LogP contribution in [0.5, 0.6) is 0 Å². The van der Waals surface area contributed by atoms with Crippen LogP contribution in [0.15, 0.2) is 4.99 Å². The van der Waals surface area contributed by atoms with Crippen LogP contribution in [-0.2, 0) is 0 Å². The van der Waals surface area contributed by atoms with Crippen molar-refractivity contribution in [1.29, 1.82) is 0 Å². The molecule has 0 atom stereocenters. The lowest BCUT2D eigenvalue weighted by molar-refractivity contribution is 0.871. The van der Waals surface area contributed by atoms with E-state index in [2.05, 4.69) is 16.8 Å². The fourth-order valence-corrected chi connectivity index (χ4v) is 0.474. The molecule has 1 nitrogen and oxygen atoms in total. The number of hydrogen-bond donors (Lipinski definition) is 0. The van der Waals surface area contributed by atoms with Crippen LogP contribution >= 0.6 is 0 Å². The second-order valence-electron chi connectivity index (χ2n) is 1.92. The van der Waals surface area contributed by atoms with Crippen LogP contribution in [0.1, 0.15) is 19.8 Å². The van der Waals surface area contributed by atoms with E-state index >= 15 is 0 Å². The Labute approximate surface area is 62.6 Å². The highest BCUT2D eigenvalue weighted by Crippen LogP contribution is 1.87. The van der Waals surface area contributed by atoms with Crippen molar-refractivity contribution >= 4 is 5.71 Å². The molecule has 0 saturated heterocycles. The van der Waals surface area contributed by atoms with Gasteiger partial charge in [-0.2, -0.15) is 0 Å². The molecule has 0 saturated carbocycles. The second kappa shape index (κ2) is 5.92. The molecule has 0 aromatic heterocycles. The van der Waals surface area contributed by atoms with E-state index in [1.807, 2.05) is 6.92 Å². The van der Waals surface area contributed by atoms with Gasteiger partial charge in [0.25, 0.3) is 0 Å². The maximum Gasteiger partial charge on any atom is 0.0810 e. The highest BCUT2D eigenvalue weighted by atomic mass is 14.7. The third kappa shape index (κ3) is 4.94. The summed E-state index contributed by atoms with van der Waals surface area (Å²) in [6.45, 7) is 2.57. The zero-order chi connectivity index (χ0) is 7.82. The highest BCUT2D eigenvalue weighted by Gasteiger charge is 1.82. The number of unbranched alkanes of at least 4 members (excludes halogenated alkanes) is 1. The first-order valence-corrected chi connectivity index (χ1v) is 3.22. The Morgan fingerprint density at radius 3 is 2.70 bits per heavy atom. The lowest BCUT2D eigenvalue weighted by Gasteiger charge is -1.89. The van der Waals surface area contributed by atoms with Crippen LogP contribution in [-0.4, -0.2) is 12.3 Å². The van der Waals surface area contributed by atoms with E-state index in [1.54, 1.807) is 0 Å². The van der Waals surface area contributed by atoms with E-state index in [0.29, 0.717) is 0 Å². The Kier molecular flexibility index (Phi) is 5.20. The monoisotopic (exact) mass is 133 g/mol. The molecule has 52 valence electrons. The van der Waals surface area contributed by atoms with E-state index in [-0.39, 0.29) is 0 Å². The van der Waals surface area contributed by atoms with E-state index in [1.165, 1.54) is 0 Å². The molecular weight excluding hydrogens is 122 g/mol. The Hall–Kier alpha value is -1.21. The van der Waals surface area contributed by atoms with Crippen molar-refractivity contribution < 1.29 is 0 Å². The molecule has 0 unspecified atom stereocenters. The van der Waals surface area contributed by atoms with Gasteiger partial charge in [0.15, 0.2) is 0 Å². The van der Waals surface area contributed by atoms with Crippen molar-refractivity contribution in [3.63, 3.8) is 0 Å². The summed E-state index contributed by atoms with van der Waals surface area (Å²) in [5.74, 6) is 4.98. The zero-order valence-corrected chi connectivity index (χ0v) is 6.22. The van der Waals surface area contributed by atoms with Crippen LogP contribution in [0.25, 0.3) is 0 Å². The van der Waals surface area contributed by atoms with Gasteiger partial charge in [-0.15, -0.1) is 18.8 Å². The van der Waals surface area contributed by atoms with Crippen LogP contribution < -0.4 is 0 Å². The van der Waals surface area contributed by atoms with Gasteiger partial charge >= 0.3 is 0 Å². The number of rotatable bonds is 3. The molecule has 0 aliphatic rings. The molecule has 0 rings (SSSR count). The number of nitrogens with zero attached hydrogens (tertiary/aromatic N) is 1. The summed E-state index contributed by atoms with van der Waals surface area (Å²) in [5, 5.41) is 0. The molecular formula is C9H11N. The van der Waals surface area contributed by atoms with Crippen LogP contribution in [0, 0.1) is 24.7 Å². The van der Waals surface area contributed by atoms with Gasteiger partial charge in [-0.1, -0.05) is 5.92 Å². The lowest BCUT2D eigenvalue weighted by atomic mass is 10.3. The van der Waals surface area contributed by atoms with Gasteiger partial charge < -0.3 is 0 Å². The Morgan fingerprint density at radius 1 is 1.50 bits per heavy atom. The second-order valence-corrected chi connectivity index (χ2v) is 1.92. The molecule has 0 amide bonds. The van der Waals surface area contributed by atoms with Crippen LogP contribution in [0.2, 0.25) is 0 Å². The van der Waals surface area contributed by atoms with Crippen molar-refractivity contribution in [2.24, 2.45) is 4.99 Å².